The molecular formula is C21H23FN4O3. The van der Waals surface area contributed by atoms with Crippen molar-refractivity contribution in [2.24, 2.45) is 11.8 Å². The van der Waals surface area contributed by atoms with E-state index in [1.165, 1.54) is 19.1 Å². The van der Waals surface area contributed by atoms with Gasteiger partial charge in [0, 0.05) is 30.8 Å². The van der Waals surface area contributed by atoms with Gasteiger partial charge in [-0.2, -0.15) is 0 Å². The number of halogens is 1. The molecule has 2 aliphatic rings. The third-order valence-electron chi connectivity index (χ3n) is 5.83. The number of aryl methyl sites for hydroxylation is 1. The van der Waals surface area contributed by atoms with Crippen LogP contribution in [-0.2, 0) is 4.79 Å². The summed E-state index contributed by atoms with van der Waals surface area (Å²) in [4.78, 5) is 34.4. The fourth-order valence-electron chi connectivity index (χ4n) is 4.40. The van der Waals surface area contributed by atoms with Gasteiger partial charge >= 0.3 is 5.97 Å². The minimum Gasteiger partial charge on any atom is -0.478 e. The highest BCUT2D eigenvalue weighted by Crippen LogP contribution is 2.50. The molecule has 2 N–H and O–H groups in total. The van der Waals surface area contributed by atoms with Crippen molar-refractivity contribution in [3.05, 3.63) is 47.0 Å². The predicted molar refractivity (Wildman–Crippen MR) is 105 cm³/mol. The Morgan fingerprint density at radius 3 is 2.62 bits per heavy atom. The number of anilines is 2. The molecule has 1 aliphatic heterocycles. The number of hydrogen-bond donors (Lipinski definition) is 2. The van der Waals surface area contributed by atoms with Crippen LogP contribution in [0.3, 0.4) is 0 Å². The average molecular weight is 398 g/mol. The van der Waals surface area contributed by atoms with Crippen molar-refractivity contribution in [1.82, 2.24) is 9.97 Å². The first-order valence-corrected chi connectivity index (χ1v) is 9.70. The Morgan fingerprint density at radius 2 is 2.03 bits per heavy atom. The molecule has 8 heteroatoms. The molecule has 2 heterocycles. The maximum atomic E-state index is 14.5. The van der Waals surface area contributed by atoms with Crippen molar-refractivity contribution in [3.8, 4) is 0 Å². The zero-order valence-electron chi connectivity index (χ0n) is 16.5. The first-order valence-electron chi connectivity index (χ1n) is 9.70. The Labute approximate surface area is 168 Å². The molecule has 3 atom stereocenters. The van der Waals surface area contributed by atoms with Crippen LogP contribution in [-0.4, -0.2) is 33.0 Å². The van der Waals surface area contributed by atoms with Crippen LogP contribution in [0.5, 0.6) is 0 Å². The van der Waals surface area contributed by atoms with E-state index < -0.39 is 17.3 Å². The second-order valence-corrected chi connectivity index (χ2v) is 7.92. The van der Waals surface area contributed by atoms with Crippen LogP contribution in [0.4, 0.5) is 16.0 Å². The van der Waals surface area contributed by atoms with Crippen molar-refractivity contribution in [2.75, 3.05) is 10.2 Å². The summed E-state index contributed by atoms with van der Waals surface area (Å²) in [6.07, 6.45) is 3.67. The molecule has 1 aromatic heterocycles. The summed E-state index contributed by atoms with van der Waals surface area (Å²) in [5.41, 5.74) is 1.36. The van der Waals surface area contributed by atoms with Gasteiger partial charge in [0.1, 0.15) is 5.82 Å². The van der Waals surface area contributed by atoms with Crippen LogP contribution >= 0.6 is 0 Å². The second-order valence-electron chi connectivity index (χ2n) is 7.92. The molecule has 0 spiro atoms. The molecule has 29 heavy (non-hydrogen) atoms. The Hall–Kier alpha value is -3.03. The van der Waals surface area contributed by atoms with Crippen LogP contribution in [0.25, 0.3) is 0 Å². The minimum absolute atomic E-state index is 0.0462. The third-order valence-corrected chi connectivity index (χ3v) is 5.83. The molecule has 0 saturated heterocycles. The smallest absolute Gasteiger partial charge is 0.338 e. The number of carboxylic acid groups (broad SMARTS) is 1. The molecule has 2 aromatic rings. The normalized spacial score (nSPS) is 23.4. The number of benzene rings is 1. The van der Waals surface area contributed by atoms with Crippen LogP contribution in [0.2, 0.25) is 0 Å². The fraction of sp³-hybridized carbons (Fsp3) is 0.429. The largest absolute Gasteiger partial charge is 0.478 e. The van der Waals surface area contributed by atoms with E-state index in [1.807, 2.05) is 13.8 Å². The van der Waals surface area contributed by atoms with Crippen LogP contribution in [0.1, 0.15) is 54.3 Å². The highest BCUT2D eigenvalue weighted by Gasteiger charge is 2.48. The molecule has 1 unspecified atom stereocenters. The van der Waals surface area contributed by atoms with Gasteiger partial charge in [0.25, 0.3) is 0 Å². The lowest BCUT2D eigenvalue weighted by Gasteiger charge is -2.45. The lowest BCUT2D eigenvalue weighted by molar-refractivity contribution is -0.117. The average Bonchev–Trinajstić information content (AvgIpc) is 3.47. The van der Waals surface area contributed by atoms with Crippen molar-refractivity contribution >= 4 is 23.5 Å². The Kier molecular flexibility index (Phi) is 4.72. The molecular weight excluding hydrogens is 375 g/mol. The molecule has 0 radical (unpaired) electrons. The van der Waals surface area contributed by atoms with Crippen LogP contribution in [0.15, 0.2) is 24.4 Å². The van der Waals surface area contributed by atoms with E-state index in [0.717, 1.165) is 18.5 Å². The maximum Gasteiger partial charge on any atom is 0.338 e. The Balaban J connectivity index is 1.87. The summed E-state index contributed by atoms with van der Waals surface area (Å²) in [6, 6.07) is 3.83. The number of fused-ring (bicyclic) bond motifs is 1. The van der Waals surface area contributed by atoms with E-state index in [-0.39, 0.29) is 23.9 Å². The molecule has 4 rings (SSSR count). The number of carbonyl (C=O) groups is 2. The maximum absolute atomic E-state index is 14.5. The van der Waals surface area contributed by atoms with E-state index in [0.29, 0.717) is 23.1 Å². The van der Waals surface area contributed by atoms with Crippen molar-refractivity contribution < 1.29 is 19.1 Å². The number of hydrogen-bond acceptors (Lipinski definition) is 5. The highest BCUT2D eigenvalue weighted by atomic mass is 19.1. The standard InChI is InChI=1S/C21H23FN4O3/c1-10-6-7-23-21(24-10)25-18-11(2)19(13-4-5-13)26(12(3)27)17-9-16(22)14(20(28)29)8-15(17)18/h6-9,11,13,18-19H,4-5H2,1-3H3,(H,28,29)(H,23,24,25)/t11-,18?,19-/m1/s1. The molecule has 152 valence electrons. The Bertz CT molecular complexity index is 992. The monoisotopic (exact) mass is 398 g/mol. The fourth-order valence-corrected chi connectivity index (χ4v) is 4.40. The quantitative estimate of drug-likeness (QED) is 0.818. The number of rotatable bonds is 4. The first-order chi connectivity index (χ1) is 13.8. The minimum atomic E-state index is -1.35. The summed E-state index contributed by atoms with van der Waals surface area (Å²) >= 11 is 0. The summed E-state index contributed by atoms with van der Waals surface area (Å²) in [5.74, 6) is -1.66. The van der Waals surface area contributed by atoms with E-state index in [2.05, 4.69) is 15.3 Å². The van der Waals surface area contributed by atoms with Gasteiger partial charge in [-0.3, -0.25) is 4.79 Å². The zero-order chi connectivity index (χ0) is 20.9. The summed E-state index contributed by atoms with van der Waals surface area (Å²) in [7, 11) is 0. The second kappa shape index (κ2) is 7.09. The van der Waals surface area contributed by atoms with Gasteiger partial charge in [-0.05, 0) is 49.4 Å². The topological polar surface area (TPSA) is 95.4 Å². The molecule has 0 bridgehead atoms. The SMILES string of the molecule is CC(=O)N1c2cc(F)c(C(=O)O)cc2C(Nc2nccc(C)n2)[C@@H](C)[C@@H]1C1CC1. The molecule has 1 aliphatic carbocycles. The van der Waals surface area contributed by atoms with Gasteiger partial charge in [0.15, 0.2) is 0 Å². The number of amides is 1. The summed E-state index contributed by atoms with van der Waals surface area (Å²) in [5, 5.41) is 12.7. The van der Waals surface area contributed by atoms with Gasteiger partial charge in [0.2, 0.25) is 11.9 Å². The van der Waals surface area contributed by atoms with E-state index in [1.54, 1.807) is 17.2 Å². The molecule has 1 amide bonds. The van der Waals surface area contributed by atoms with Gasteiger partial charge < -0.3 is 15.3 Å². The van der Waals surface area contributed by atoms with Gasteiger partial charge in [-0.25, -0.2) is 19.2 Å². The number of nitrogens with zero attached hydrogens (tertiary/aromatic N) is 3. The van der Waals surface area contributed by atoms with Gasteiger partial charge in [-0.1, -0.05) is 6.92 Å². The van der Waals surface area contributed by atoms with E-state index in [4.69, 9.17) is 0 Å². The van der Waals surface area contributed by atoms with E-state index in [9.17, 15) is 19.1 Å². The van der Waals surface area contributed by atoms with Crippen molar-refractivity contribution in [2.45, 2.75) is 45.7 Å². The first kappa shape index (κ1) is 19.3. The number of nitrogens with one attached hydrogen (secondary N) is 1. The predicted octanol–water partition coefficient (Wildman–Crippen LogP) is 3.56. The third kappa shape index (κ3) is 3.43. The lowest BCUT2D eigenvalue weighted by Crippen LogP contribution is -2.51. The van der Waals surface area contributed by atoms with Crippen molar-refractivity contribution in [3.63, 3.8) is 0 Å². The molecule has 1 fully saturated rings. The number of aromatic carboxylic acids is 1. The molecule has 1 aromatic carbocycles. The van der Waals surface area contributed by atoms with E-state index >= 15 is 0 Å². The highest BCUT2D eigenvalue weighted by molar-refractivity contribution is 5.96. The molecule has 7 nitrogen and oxygen atoms in total. The Morgan fingerprint density at radius 1 is 1.31 bits per heavy atom. The van der Waals surface area contributed by atoms with Gasteiger partial charge in [0.05, 0.1) is 17.3 Å². The van der Waals surface area contributed by atoms with Crippen LogP contribution < -0.4 is 10.2 Å². The zero-order valence-corrected chi connectivity index (χ0v) is 16.5. The lowest BCUT2D eigenvalue weighted by atomic mass is 9.79. The molecule has 1 saturated carbocycles. The van der Waals surface area contributed by atoms with Crippen LogP contribution in [0, 0.1) is 24.6 Å². The van der Waals surface area contributed by atoms with Crippen molar-refractivity contribution in [1.29, 1.82) is 0 Å². The number of carbonyl (C=O) groups excluding carboxylic acids is 1. The van der Waals surface area contributed by atoms with Gasteiger partial charge in [-0.15, -0.1) is 0 Å². The summed E-state index contributed by atoms with van der Waals surface area (Å²) < 4.78 is 14.5. The number of aromatic nitrogens is 2. The number of carboxylic acids is 1. The summed E-state index contributed by atoms with van der Waals surface area (Å²) in [6.45, 7) is 5.35.